The molecule has 1 N–H and O–H groups in total. The van der Waals surface area contributed by atoms with Gasteiger partial charge in [-0.2, -0.15) is 0 Å². The van der Waals surface area contributed by atoms with Crippen LogP contribution < -0.4 is 14.4 Å². The number of carbonyl (C=O) groups excluding carboxylic acids is 2. The van der Waals surface area contributed by atoms with Crippen LogP contribution in [0.3, 0.4) is 0 Å². The Morgan fingerprint density at radius 1 is 1.16 bits per heavy atom. The number of aryl methyl sites for hydroxylation is 1. The van der Waals surface area contributed by atoms with Crippen molar-refractivity contribution in [3.63, 3.8) is 0 Å². The van der Waals surface area contributed by atoms with Crippen molar-refractivity contribution in [2.24, 2.45) is 0 Å². The van der Waals surface area contributed by atoms with Crippen molar-refractivity contribution in [2.45, 2.75) is 64.6 Å². The van der Waals surface area contributed by atoms with Crippen LogP contribution in [0, 0.1) is 6.92 Å². The van der Waals surface area contributed by atoms with Crippen molar-refractivity contribution in [2.75, 3.05) is 24.2 Å². The van der Waals surface area contributed by atoms with Gasteiger partial charge in [-0.05, 0) is 55.5 Å². The van der Waals surface area contributed by atoms with Gasteiger partial charge in [0.15, 0.2) is 0 Å². The predicted molar refractivity (Wildman–Crippen MR) is 146 cm³/mol. The van der Waals surface area contributed by atoms with Crippen molar-refractivity contribution in [3.8, 4) is 5.75 Å². The summed E-state index contributed by atoms with van der Waals surface area (Å²) in [6, 6.07) is 11.5. The summed E-state index contributed by atoms with van der Waals surface area (Å²) in [7, 11) is -2.42. The molecule has 0 heterocycles. The number of sulfonamides is 1. The zero-order valence-corrected chi connectivity index (χ0v) is 23.4. The maximum absolute atomic E-state index is 13.9. The fourth-order valence-corrected chi connectivity index (χ4v) is 5.73. The molecule has 0 spiro atoms. The van der Waals surface area contributed by atoms with Crippen LogP contribution in [-0.2, 0) is 26.2 Å². The number of carbonyl (C=O) groups is 2. The van der Waals surface area contributed by atoms with Gasteiger partial charge in [0.25, 0.3) is 0 Å². The fraction of sp³-hybridized carbons (Fsp3) is 0.481. The van der Waals surface area contributed by atoms with Crippen molar-refractivity contribution in [1.82, 2.24) is 10.2 Å². The summed E-state index contributed by atoms with van der Waals surface area (Å²) < 4.78 is 32.2. The van der Waals surface area contributed by atoms with Gasteiger partial charge >= 0.3 is 0 Å². The average molecular weight is 550 g/mol. The molecule has 1 aliphatic rings. The predicted octanol–water partition coefficient (Wildman–Crippen LogP) is 4.29. The molecule has 3 rings (SSSR count). The van der Waals surface area contributed by atoms with Gasteiger partial charge in [-0.1, -0.05) is 55.6 Å². The number of methoxy groups -OCH3 is 1. The molecule has 0 bridgehead atoms. The lowest BCUT2D eigenvalue weighted by atomic mass is 10.1. The van der Waals surface area contributed by atoms with Crippen LogP contribution in [-0.4, -0.2) is 57.1 Å². The topological polar surface area (TPSA) is 96.0 Å². The number of ether oxygens (including phenoxy) is 1. The third-order valence-electron chi connectivity index (χ3n) is 6.67. The SMILES string of the molecule is CC[C@H](C(=O)NC1CCCC1)N(Cc1ccccc1Cl)C(=O)CN(c1cc(C)ccc1OC)S(C)(=O)=O. The Labute approximate surface area is 225 Å². The Morgan fingerprint density at radius 2 is 1.84 bits per heavy atom. The molecule has 0 unspecified atom stereocenters. The lowest BCUT2D eigenvalue weighted by molar-refractivity contribution is -0.140. The summed E-state index contributed by atoms with van der Waals surface area (Å²) in [5, 5.41) is 3.55. The van der Waals surface area contributed by atoms with E-state index in [1.54, 1.807) is 36.4 Å². The third-order valence-corrected chi connectivity index (χ3v) is 8.16. The summed E-state index contributed by atoms with van der Waals surface area (Å²) in [5.41, 5.74) is 1.75. The average Bonchev–Trinajstić information content (AvgIpc) is 3.35. The monoisotopic (exact) mass is 549 g/mol. The van der Waals surface area contributed by atoms with E-state index in [1.165, 1.54) is 12.0 Å². The van der Waals surface area contributed by atoms with E-state index in [-0.39, 0.29) is 24.2 Å². The number of halogens is 1. The minimum absolute atomic E-state index is 0.0671. The molecule has 1 saturated carbocycles. The Bertz CT molecular complexity index is 1210. The van der Waals surface area contributed by atoms with E-state index in [9.17, 15) is 18.0 Å². The van der Waals surface area contributed by atoms with E-state index in [0.29, 0.717) is 22.8 Å². The van der Waals surface area contributed by atoms with Gasteiger partial charge in [-0.3, -0.25) is 13.9 Å². The van der Waals surface area contributed by atoms with E-state index in [2.05, 4.69) is 5.32 Å². The van der Waals surface area contributed by atoms with Gasteiger partial charge in [-0.15, -0.1) is 0 Å². The second-order valence-electron chi connectivity index (χ2n) is 9.47. The molecule has 1 fully saturated rings. The minimum atomic E-state index is -3.87. The van der Waals surface area contributed by atoms with Crippen LogP contribution in [0.15, 0.2) is 42.5 Å². The first-order chi connectivity index (χ1) is 17.5. The second kappa shape index (κ2) is 12.6. The smallest absolute Gasteiger partial charge is 0.244 e. The highest BCUT2D eigenvalue weighted by molar-refractivity contribution is 7.92. The van der Waals surface area contributed by atoms with E-state index >= 15 is 0 Å². The fourth-order valence-electron chi connectivity index (χ4n) is 4.69. The minimum Gasteiger partial charge on any atom is -0.495 e. The number of anilines is 1. The molecule has 202 valence electrons. The number of hydrogen-bond donors (Lipinski definition) is 1. The molecule has 0 saturated heterocycles. The van der Waals surface area contributed by atoms with Crippen LogP contribution >= 0.6 is 11.6 Å². The van der Waals surface area contributed by atoms with Crippen molar-refractivity contribution >= 4 is 39.1 Å². The van der Waals surface area contributed by atoms with Crippen LogP contribution in [0.4, 0.5) is 5.69 Å². The maximum atomic E-state index is 13.9. The first kappa shape index (κ1) is 28.8. The molecule has 8 nitrogen and oxygen atoms in total. The Morgan fingerprint density at radius 3 is 2.43 bits per heavy atom. The van der Waals surface area contributed by atoms with Crippen molar-refractivity contribution < 1.29 is 22.7 Å². The van der Waals surface area contributed by atoms with Gasteiger partial charge in [0, 0.05) is 17.6 Å². The molecule has 0 aliphatic heterocycles. The van der Waals surface area contributed by atoms with Crippen LogP contribution in [0.1, 0.15) is 50.2 Å². The van der Waals surface area contributed by atoms with E-state index < -0.39 is 28.5 Å². The summed E-state index contributed by atoms with van der Waals surface area (Å²) in [5.74, 6) is -0.427. The van der Waals surface area contributed by atoms with Gasteiger partial charge in [0.1, 0.15) is 18.3 Å². The summed E-state index contributed by atoms with van der Waals surface area (Å²) in [4.78, 5) is 28.7. The molecular formula is C27H36ClN3O5S. The molecule has 2 aromatic rings. The summed E-state index contributed by atoms with van der Waals surface area (Å²) in [6.07, 6.45) is 5.36. The Balaban J connectivity index is 1.98. The molecule has 2 aromatic carbocycles. The van der Waals surface area contributed by atoms with Gasteiger partial charge < -0.3 is 15.0 Å². The highest BCUT2D eigenvalue weighted by atomic mass is 35.5. The molecule has 1 aliphatic carbocycles. The molecule has 37 heavy (non-hydrogen) atoms. The number of benzene rings is 2. The van der Waals surface area contributed by atoms with E-state index in [4.69, 9.17) is 16.3 Å². The third kappa shape index (κ3) is 7.38. The highest BCUT2D eigenvalue weighted by Crippen LogP contribution is 2.31. The summed E-state index contributed by atoms with van der Waals surface area (Å²) >= 11 is 6.41. The standard InChI is InChI=1S/C27H36ClN3O5S/c1-5-23(27(33)29-21-11-7-8-12-21)30(17-20-10-6-9-13-22(20)28)26(32)18-31(37(4,34)35)24-16-19(2)14-15-25(24)36-3/h6,9-10,13-16,21,23H,5,7-8,11-12,17-18H2,1-4H3,(H,29,33)/t23-/m1/s1. The summed E-state index contributed by atoms with van der Waals surface area (Å²) in [6.45, 7) is 3.24. The largest absolute Gasteiger partial charge is 0.495 e. The van der Waals surface area contributed by atoms with E-state index in [0.717, 1.165) is 41.8 Å². The van der Waals surface area contributed by atoms with Gasteiger partial charge in [0.05, 0.1) is 19.1 Å². The first-order valence-electron chi connectivity index (χ1n) is 12.5. The maximum Gasteiger partial charge on any atom is 0.244 e. The molecular weight excluding hydrogens is 514 g/mol. The number of rotatable bonds is 11. The van der Waals surface area contributed by atoms with Crippen LogP contribution in [0.2, 0.25) is 5.02 Å². The first-order valence-corrected chi connectivity index (χ1v) is 14.7. The molecule has 1 atom stereocenters. The Hall–Kier alpha value is -2.78. The van der Waals surface area contributed by atoms with Crippen molar-refractivity contribution in [1.29, 1.82) is 0 Å². The zero-order chi connectivity index (χ0) is 27.2. The highest BCUT2D eigenvalue weighted by Gasteiger charge is 2.34. The molecule has 2 amide bonds. The van der Waals surface area contributed by atoms with Crippen LogP contribution in [0.25, 0.3) is 0 Å². The quantitative estimate of drug-likeness (QED) is 0.451. The number of hydrogen-bond acceptors (Lipinski definition) is 5. The molecule has 0 aromatic heterocycles. The number of amides is 2. The number of nitrogens with one attached hydrogen (secondary N) is 1. The molecule has 10 heteroatoms. The zero-order valence-electron chi connectivity index (χ0n) is 21.9. The lowest BCUT2D eigenvalue weighted by Gasteiger charge is -2.34. The lowest BCUT2D eigenvalue weighted by Crippen LogP contribution is -2.53. The second-order valence-corrected chi connectivity index (χ2v) is 11.8. The van der Waals surface area contributed by atoms with Gasteiger partial charge in [-0.25, -0.2) is 8.42 Å². The number of nitrogens with zero attached hydrogens (tertiary/aromatic N) is 2. The van der Waals surface area contributed by atoms with Crippen LogP contribution in [0.5, 0.6) is 5.75 Å². The van der Waals surface area contributed by atoms with E-state index in [1.807, 2.05) is 19.9 Å². The normalized spacial score (nSPS) is 14.7. The Kier molecular flexibility index (Phi) is 9.84. The van der Waals surface area contributed by atoms with Gasteiger partial charge in [0.2, 0.25) is 21.8 Å². The molecule has 0 radical (unpaired) electrons. The van der Waals surface area contributed by atoms with Crippen molar-refractivity contribution in [3.05, 3.63) is 58.6 Å².